The quantitative estimate of drug-likeness (QED) is 0.598. The molecule has 0 aromatic rings. The average Bonchev–Trinajstić information content (AvgIpc) is 2.39. The summed E-state index contributed by atoms with van der Waals surface area (Å²) in [4.78, 5) is 2.21. The number of rotatable bonds is 4. The Morgan fingerprint density at radius 3 is 2.45 bits per heavy atom. The van der Waals surface area contributed by atoms with Gasteiger partial charge in [-0.05, 0) is 25.9 Å². The van der Waals surface area contributed by atoms with E-state index in [1.807, 2.05) is 0 Å². The first-order valence-electron chi connectivity index (χ1n) is 3.79. The van der Waals surface area contributed by atoms with Gasteiger partial charge in [0.15, 0.2) is 0 Å². The van der Waals surface area contributed by atoms with Gasteiger partial charge in [-0.1, -0.05) is 0 Å². The second-order valence-electron chi connectivity index (χ2n) is 2.61. The first kappa shape index (κ1) is 8.96. The third-order valence-corrected chi connectivity index (χ3v) is 2.20. The second kappa shape index (κ2) is 4.69. The van der Waals surface area contributed by atoms with Gasteiger partial charge in [-0.2, -0.15) is 0 Å². The van der Waals surface area contributed by atoms with E-state index in [2.05, 4.69) is 9.08 Å². The number of hydrogen-bond acceptors (Lipinski definition) is 4. The van der Waals surface area contributed by atoms with Crippen LogP contribution in [0.2, 0.25) is 0 Å². The molecule has 0 aliphatic carbocycles. The summed E-state index contributed by atoms with van der Waals surface area (Å²) >= 11 is 0. The fourth-order valence-electron chi connectivity index (χ4n) is 1.25. The average molecular weight is 179 g/mol. The van der Waals surface area contributed by atoms with Crippen LogP contribution in [0.25, 0.3) is 0 Å². The molecule has 11 heavy (non-hydrogen) atoms. The van der Waals surface area contributed by atoms with Crippen LogP contribution in [0.15, 0.2) is 0 Å². The van der Waals surface area contributed by atoms with Gasteiger partial charge in [0.2, 0.25) is 0 Å². The monoisotopic (exact) mass is 179 g/mol. The van der Waals surface area contributed by atoms with E-state index in [1.54, 1.807) is 0 Å². The molecule has 0 aromatic carbocycles. The van der Waals surface area contributed by atoms with Crippen LogP contribution in [-0.4, -0.2) is 39.6 Å². The van der Waals surface area contributed by atoms with Crippen molar-refractivity contribution in [3.05, 3.63) is 0 Å². The Bertz CT molecular complexity index is 167. The van der Waals surface area contributed by atoms with Crippen molar-refractivity contribution in [3.8, 4) is 0 Å². The predicted molar refractivity (Wildman–Crippen MR) is 41.9 cm³/mol. The lowest BCUT2D eigenvalue weighted by Gasteiger charge is -2.11. The molecular formula is C6H13NO3S. The molecule has 66 valence electrons. The fraction of sp³-hybridized carbons (Fsp3) is 1.00. The minimum absolute atomic E-state index is 0.304. The van der Waals surface area contributed by atoms with Crippen molar-refractivity contribution in [1.82, 2.24) is 4.90 Å². The minimum Gasteiger partial charge on any atom is -0.301 e. The molecular weight excluding hydrogens is 166 g/mol. The molecule has 0 radical (unpaired) electrons. The molecule has 0 spiro atoms. The molecule has 0 bridgehead atoms. The lowest BCUT2D eigenvalue weighted by atomic mass is 10.4. The molecule has 5 heteroatoms. The largest absolute Gasteiger partial charge is 0.301 e. The molecule has 1 rings (SSSR count). The highest BCUT2D eigenvalue weighted by atomic mass is 32.2. The van der Waals surface area contributed by atoms with Crippen LogP contribution < -0.4 is 0 Å². The molecule has 0 atom stereocenters. The first-order valence-corrected chi connectivity index (χ1v) is 4.88. The molecule has 0 amide bonds. The van der Waals surface area contributed by atoms with E-state index in [0.717, 1.165) is 19.6 Å². The zero-order valence-corrected chi connectivity index (χ0v) is 7.26. The van der Waals surface area contributed by atoms with Crippen LogP contribution in [0.1, 0.15) is 12.8 Å². The van der Waals surface area contributed by atoms with Gasteiger partial charge < -0.3 is 4.90 Å². The number of nitrogens with zero attached hydrogens (tertiary/aromatic N) is 1. The first-order chi connectivity index (χ1) is 5.29. The van der Waals surface area contributed by atoms with Gasteiger partial charge in [-0.25, -0.2) is 8.42 Å². The molecule has 1 fully saturated rings. The Labute approximate surface area is 68.3 Å². The SMILES string of the molecule is O=[SH](=O)OCCN1CCCC1. The Kier molecular flexibility index (Phi) is 3.82. The number of thiol groups is 1. The van der Waals surface area contributed by atoms with Crippen LogP contribution in [0.4, 0.5) is 0 Å². The Hall–Kier alpha value is -0.130. The van der Waals surface area contributed by atoms with Gasteiger partial charge in [0.25, 0.3) is 11.0 Å². The van der Waals surface area contributed by atoms with Gasteiger partial charge in [-0.15, -0.1) is 0 Å². The summed E-state index contributed by atoms with van der Waals surface area (Å²) in [5.41, 5.74) is 0. The number of likely N-dealkylation sites (tertiary alicyclic amines) is 1. The maximum Gasteiger partial charge on any atom is 0.257 e. The molecule has 0 saturated carbocycles. The second-order valence-corrected chi connectivity index (χ2v) is 3.31. The van der Waals surface area contributed by atoms with Crippen molar-refractivity contribution in [2.24, 2.45) is 0 Å². The lowest BCUT2D eigenvalue weighted by molar-refractivity contribution is 0.248. The van der Waals surface area contributed by atoms with Crippen LogP contribution in [0.3, 0.4) is 0 Å². The van der Waals surface area contributed by atoms with E-state index in [1.165, 1.54) is 12.8 Å². The van der Waals surface area contributed by atoms with Gasteiger partial charge in [0.1, 0.15) is 0 Å². The van der Waals surface area contributed by atoms with E-state index in [0.29, 0.717) is 6.61 Å². The van der Waals surface area contributed by atoms with Gasteiger partial charge in [0.05, 0.1) is 6.61 Å². The Balaban J connectivity index is 2.02. The normalized spacial score (nSPS) is 19.7. The van der Waals surface area contributed by atoms with Crippen molar-refractivity contribution in [2.75, 3.05) is 26.2 Å². The zero-order valence-electron chi connectivity index (χ0n) is 6.36. The van der Waals surface area contributed by atoms with Crippen LogP contribution in [0, 0.1) is 0 Å². The summed E-state index contributed by atoms with van der Waals surface area (Å²) in [6.07, 6.45) is 2.45. The van der Waals surface area contributed by atoms with Gasteiger partial charge in [-0.3, -0.25) is 4.18 Å². The van der Waals surface area contributed by atoms with Crippen LogP contribution in [-0.2, 0) is 15.2 Å². The smallest absolute Gasteiger partial charge is 0.257 e. The van der Waals surface area contributed by atoms with Gasteiger partial charge >= 0.3 is 0 Å². The maximum atomic E-state index is 9.97. The van der Waals surface area contributed by atoms with Crippen molar-refractivity contribution in [3.63, 3.8) is 0 Å². The Morgan fingerprint density at radius 2 is 1.91 bits per heavy atom. The van der Waals surface area contributed by atoms with E-state index < -0.39 is 11.0 Å². The Morgan fingerprint density at radius 1 is 1.27 bits per heavy atom. The molecule has 0 N–H and O–H groups in total. The van der Waals surface area contributed by atoms with Crippen molar-refractivity contribution in [2.45, 2.75) is 12.8 Å². The standard InChI is InChI=1S/C6H13NO3S/c8-11(9)10-6-5-7-3-1-2-4-7/h11H,1-6H2. The summed E-state index contributed by atoms with van der Waals surface area (Å²) in [6, 6.07) is 0. The highest BCUT2D eigenvalue weighted by Crippen LogP contribution is 2.05. The van der Waals surface area contributed by atoms with Crippen molar-refractivity contribution < 1.29 is 12.6 Å². The zero-order chi connectivity index (χ0) is 8.10. The third kappa shape index (κ3) is 3.69. The summed E-state index contributed by atoms with van der Waals surface area (Å²) in [7, 11) is -2.65. The summed E-state index contributed by atoms with van der Waals surface area (Å²) in [6.45, 7) is 3.21. The topological polar surface area (TPSA) is 46.6 Å². The minimum atomic E-state index is -2.65. The van der Waals surface area contributed by atoms with E-state index >= 15 is 0 Å². The summed E-state index contributed by atoms with van der Waals surface area (Å²) in [5, 5.41) is 0. The molecule has 0 unspecified atom stereocenters. The molecule has 0 aromatic heterocycles. The summed E-state index contributed by atoms with van der Waals surface area (Å²) in [5.74, 6) is 0. The predicted octanol–water partition coefficient (Wildman–Crippen LogP) is -0.375. The van der Waals surface area contributed by atoms with Crippen LogP contribution >= 0.6 is 0 Å². The van der Waals surface area contributed by atoms with E-state index in [-0.39, 0.29) is 0 Å². The van der Waals surface area contributed by atoms with Gasteiger partial charge in [0, 0.05) is 6.54 Å². The van der Waals surface area contributed by atoms with Crippen LogP contribution in [0.5, 0.6) is 0 Å². The molecule has 1 aliphatic rings. The van der Waals surface area contributed by atoms with Crippen molar-refractivity contribution in [1.29, 1.82) is 0 Å². The van der Waals surface area contributed by atoms with E-state index in [9.17, 15) is 8.42 Å². The molecule has 4 nitrogen and oxygen atoms in total. The molecule has 1 aliphatic heterocycles. The number of hydrogen-bond donors (Lipinski definition) is 1. The molecule has 1 heterocycles. The highest BCUT2D eigenvalue weighted by molar-refractivity contribution is 7.67. The summed E-state index contributed by atoms with van der Waals surface area (Å²) < 4.78 is 24.4. The lowest BCUT2D eigenvalue weighted by Crippen LogP contribution is -2.23. The fourth-order valence-corrected chi connectivity index (χ4v) is 1.48. The van der Waals surface area contributed by atoms with Crippen molar-refractivity contribution >= 4 is 11.0 Å². The molecule has 1 saturated heterocycles. The third-order valence-electron chi connectivity index (χ3n) is 1.80. The highest BCUT2D eigenvalue weighted by Gasteiger charge is 2.10. The maximum absolute atomic E-state index is 9.97. The van der Waals surface area contributed by atoms with E-state index in [4.69, 9.17) is 0 Å².